The predicted molar refractivity (Wildman–Crippen MR) is 134 cm³/mol. The first-order chi connectivity index (χ1) is 16.8. The first-order valence-electron chi connectivity index (χ1n) is 11.2. The molecule has 184 valence electrons. The summed E-state index contributed by atoms with van der Waals surface area (Å²) < 4.78 is 23.3. The molecule has 1 heterocycles. The molecule has 1 aliphatic carbocycles. The lowest BCUT2D eigenvalue weighted by atomic mass is 9.77. The Morgan fingerprint density at radius 3 is 2.63 bits per heavy atom. The van der Waals surface area contributed by atoms with Crippen LogP contribution in [0.2, 0.25) is 5.02 Å². The molecule has 0 bridgehead atoms. The average molecular weight is 563 g/mol. The Bertz CT molecular complexity index is 1220. The third kappa shape index (κ3) is 5.18. The van der Waals surface area contributed by atoms with Crippen molar-refractivity contribution in [3.05, 3.63) is 79.8 Å². The average Bonchev–Trinajstić information content (AvgIpc) is 2.83. The molecule has 2 aliphatic rings. The van der Waals surface area contributed by atoms with E-state index in [0.717, 1.165) is 5.56 Å². The second kappa shape index (κ2) is 10.7. The van der Waals surface area contributed by atoms with Crippen molar-refractivity contribution >= 4 is 39.3 Å². The summed E-state index contributed by atoms with van der Waals surface area (Å²) in [7, 11) is 1.27. The Labute approximate surface area is 216 Å². The van der Waals surface area contributed by atoms with Crippen LogP contribution in [0, 0.1) is 0 Å². The SMILES string of the molecule is CCOc1cc([C@@H]2C(C(=O)OC)=C(N)OC3=C2C(=O)CCC3)cc(Br)c1OCc1ccc(Cl)cc1. The largest absolute Gasteiger partial charge is 0.490 e. The smallest absolute Gasteiger partial charge is 0.340 e. The zero-order valence-electron chi connectivity index (χ0n) is 19.4. The van der Waals surface area contributed by atoms with Crippen molar-refractivity contribution < 1.29 is 28.5 Å². The number of hydrogen-bond acceptors (Lipinski definition) is 7. The maximum Gasteiger partial charge on any atom is 0.340 e. The van der Waals surface area contributed by atoms with E-state index in [-0.39, 0.29) is 17.2 Å². The topological polar surface area (TPSA) is 97.1 Å². The van der Waals surface area contributed by atoms with Crippen molar-refractivity contribution in [2.24, 2.45) is 5.73 Å². The minimum atomic E-state index is -0.750. The number of allylic oxidation sites excluding steroid dienone is 2. The van der Waals surface area contributed by atoms with E-state index in [1.807, 2.05) is 19.1 Å². The Kier molecular flexibility index (Phi) is 7.72. The number of rotatable bonds is 7. The lowest BCUT2D eigenvalue weighted by Gasteiger charge is -2.32. The van der Waals surface area contributed by atoms with Crippen molar-refractivity contribution in [2.45, 2.75) is 38.7 Å². The highest BCUT2D eigenvalue weighted by molar-refractivity contribution is 9.10. The van der Waals surface area contributed by atoms with Gasteiger partial charge >= 0.3 is 5.97 Å². The number of carbonyl (C=O) groups is 2. The molecule has 2 aromatic rings. The minimum Gasteiger partial charge on any atom is -0.490 e. The van der Waals surface area contributed by atoms with Crippen molar-refractivity contribution in [3.8, 4) is 11.5 Å². The fourth-order valence-corrected chi connectivity index (χ4v) is 4.99. The third-order valence-corrected chi connectivity index (χ3v) is 6.69. The summed E-state index contributed by atoms with van der Waals surface area (Å²) in [4.78, 5) is 25.7. The molecule has 2 aromatic carbocycles. The summed E-state index contributed by atoms with van der Waals surface area (Å²) in [5.74, 6) is -0.0958. The number of carbonyl (C=O) groups excluding carboxylic acids is 2. The van der Waals surface area contributed by atoms with Gasteiger partial charge in [-0.15, -0.1) is 0 Å². The van der Waals surface area contributed by atoms with Crippen molar-refractivity contribution in [1.82, 2.24) is 0 Å². The van der Waals surface area contributed by atoms with Gasteiger partial charge in [-0.25, -0.2) is 4.79 Å². The lowest BCUT2D eigenvalue weighted by molar-refractivity contribution is -0.136. The van der Waals surface area contributed by atoms with E-state index in [1.54, 1.807) is 24.3 Å². The highest BCUT2D eigenvalue weighted by Gasteiger charge is 2.41. The summed E-state index contributed by atoms with van der Waals surface area (Å²) in [5.41, 5.74) is 8.24. The molecule has 35 heavy (non-hydrogen) atoms. The Balaban J connectivity index is 1.78. The standard InChI is InChI=1S/C26H25BrClNO6/c1-3-33-20-12-15(11-17(27)24(20)34-13-14-7-9-16(28)10-8-14)21-22-18(30)5-4-6-19(22)35-25(29)23(21)26(31)32-2/h7-12,21H,3-6,13,29H2,1-2H3/t21-/m0/s1. The normalized spacial score (nSPS) is 17.6. The second-order valence-corrected chi connectivity index (χ2v) is 9.39. The molecule has 4 rings (SSSR count). The number of benzene rings is 2. The van der Waals surface area contributed by atoms with E-state index in [9.17, 15) is 9.59 Å². The van der Waals surface area contributed by atoms with E-state index in [2.05, 4.69) is 15.9 Å². The lowest BCUT2D eigenvalue weighted by Crippen LogP contribution is -2.31. The van der Waals surface area contributed by atoms with Crippen molar-refractivity contribution in [1.29, 1.82) is 0 Å². The maximum absolute atomic E-state index is 13.0. The van der Waals surface area contributed by atoms with Gasteiger partial charge in [0.15, 0.2) is 17.3 Å². The fourth-order valence-electron chi connectivity index (χ4n) is 4.29. The van der Waals surface area contributed by atoms with E-state index in [0.29, 0.717) is 70.4 Å². The molecule has 0 spiro atoms. The van der Waals surface area contributed by atoms with Gasteiger partial charge in [0.1, 0.15) is 17.9 Å². The third-order valence-electron chi connectivity index (χ3n) is 5.85. The zero-order valence-corrected chi connectivity index (χ0v) is 21.7. The number of hydrogen-bond donors (Lipinski definition) is 1. The number of halogens is 2. The predicted octanol–water partition coefficient (Wildman–Crippen LogP) is 5.54. The van der Waals surface area contributed by atoms with Gasteiger partial charge in [-0.2, -0.15) is 0 Å². The van der Waals surface area contributed by atoms with E-state index >= 15 is 0 Å². The molecule has 0 fully saturated rings. The maximum atomic E-state index is 13.0. The molecule has 0 radical (unpaired) electrons. The summed E-state index contributed by atoms with van der Waals surface area (Å²) in [6, 6.07) is 10.9. The molecule has 0 aromatic heterocycles. The molecule has 1 aliphatic heterocycles. The number of ketones is 1. The summed E-state index contributed by atoms with van der Waals surface area (Å²) >= 11 is 9.57. The Morgan fingerprint density at radius 1 is 1.20 bits per heavy atom. The van der Waals surface area contributed by atoms with Crippen LogP contribution in [0.25, 0.3) is 0 Å². The van der Waals surface area contributed by atoms with Gasteiger partial charge < -0.3 is 24.7 Å². The van der Waals surface area contributed by atoms with Crippen LogP contribution >= 0.6 is 27.5 Å². The summed E-state index contributed by atoms with van der Waals surface area (Å²) in [6.45, 7) is 2.54. The molecule has 7 nitrogen and oxygen atoms in total. The number of Topliss-reactive ketones (excluding diaryl/α,β-unsaturated/α-hetero) is 1. The molecule has 0 saturated heterocycles. The second-order valence-electron chi connectivity index (χ2n) is 8.10. The van der Waals surface area contributed by atoms with Crippen molar-refractivity contribution in [3.63, 3.8) is 0 Å². The van der Waals surface area contributed by atoms with Crippen LogP contribution in [-0.2, 0) is 25.7 Å². The molecule has 2 N–H and O–H groups in total. The van der Waals surface area contributed by atoms with Crippen LogP contribution in [0.3, 0.4) is 0 Å². The van der Waals surface area contributed by atoms with Crippen LogP contribution < -0.4 is 15.2 Å². The first kappa shape index (κ1) is 25.1. The number of ether oxygens (including phenoxy) is 4. The molecular weight excluding hydrogens is 538 g/mol. The molecule has 0 unspecified atom stereocenters. The van der Waals surface area contributed by atoms with E-state index < -0.39 is 11.9 Å². The first-order valence-corrected chi connectivity index (χ1v) is 12.4. The number of esters is 1. The van der Waals surface area contributed by atoms with Gasteiger partial charge in [-0.3, -0.25) is 4.79 Å². The van der Waals surface area contributed by atoms with Gasteiger partial charge in [0.25, 0.3) is 0 Å². The Morgan fingerprint density at radius 2 is 1.94 bits per heavy atom. The molecule has 9 heteroatoms. The monoisotopic (exact) mass is 561 g/mol. The van der Waals surface area contributed by atoms with E-state index in [4.69, 9.17) is 36.3 Å². The zero-order chi connectivity index (χ0) is 25.1. The molecule has 0 amide bonds. The van der Waals surface area contributed by atoms with Crippen LogP contribution in [0.1, 0.15) is 43.2 Å². The van der Waals surface area contributed by atoms with Gasteiger partial charge in [-0.05, 0) is 64.7 Å². The van der Waals surface area contributed by atoms with Crippen LogP contribution in [0.4, 0.5) is 0 Å². The Hall–Kier alpha value is -2.97. The fraction of sp³-hybridized carbons (Fsp3) is 0.308. The van der Waals surface area contributed by atoms with Gasteiger partial charge in [-0.1, -0.05) is 23.7 Å². The van der Waals surface area contributed by atoms with Crippen LogP contribution in [-0.4, -0.2) is 25.5 Å². The van der Waals surface area contributed by atoms with Gasteiger partial charge in [0, 0.05) is 23.4 Å². The molecule has 0 saturated carbocycles. The summed E-state index contributed by atoms with van der Waals surface area (Å²) in [5, 5.41) is 0.644. The number of nitrogens with two attached hydrogens (primary N) is 1. The number of methoxy groups -OCH3 is 1. The summed E-state index contributed by atoms with van der Waals surface area (Å²) in [6.07, 6.45) is 1.60. The minimum absolute atomic E-state index is 0.0625. The highest BCUT2D eigenvalue weighted by atomic mass is 79.9. The highest BCUT2D eigenvalue weighted by Crippen LogP contribution is 2.47. The van der Waals surface area contributed by atoms with Gasteiger partial charge in [0.05, 0.1) is 24.1 Å². The van der Waals surface area contributed by atoms with Crippen LogP contribution in [0.15, 0.2) is 63.7 Å². The van der Waals surface area contributed by atoms with Crippen molar-refractivity contribution in [2.75, 3.05) is 13.7 Å². The molecular formula is C26H25BrClNO6. The van der Waals surface area contributed by atoms with Crippen LogP contribution in [0.5, 0.6) is 11.5 Å². The molecule has 1 atom stereocenters. The quantitative estimate of drug-likeness (QED) is 0.442. The van der Waals surface area contributed by atoms with E-state index in [1.165, 1.54) is 7.11 Å². The van der Waals surface area contributed by atoms with Gasteiger partial charge in [0.2, 0.25) is 5.88 Å².